The average molecular weight is 459 g/mol. The molecular weight excluding hydrogens is 435 g/mol. The lowest BCUT2D eigenvalue weighted by atomic mass is 9.97. The average Bonchev–Trinajstić information content (AvgIpc) is 3.09. The zero-order valence-electron chi connectivity index (χ0n) is 17.2. The molecule has 2 aromatic rings. The summed E-state index contributed by atoms with van der Waals surface area (Å²) < 4.78 is 47.7. The van der Waals surface area contributed by atoms with E-state index in [1.165, 1.54) is 12.0 Å². The van der Waals surface area contributed by atoms with Crippen LogP contribution in [0.15, 0.2) is 24.3 Å². The summed E-state index contributed by atoms with van der Waals surface area (Å²) in [6.45, 7) is 2.54. The second-order valence-corrected chi connectivity index (χ2v) is 8.35. The first kappa shape index (κ1) is 21.8. The summed E-state index contributed by atoms with van der Waals surface area (Å²) in [5.41, 5.74) is 0.516. The third kappa shape index (κ3) is 4.18. The smallest absolute Gasteiger partial charge is 0.410 e. The first-order valence-corrected chi connectivity index (χ1v) is 10.4. The lowest BCUT2D eigenvalue weighted by molar-refractivity contribution is -0.883. The van der Waals surface area contributed by atoms with Gasteiger partial charge >= 0.3 is 6.18 Å². The number of halogens is 4. The van der Waals surface area contributed by atoms with E-state index in [9.17, 15) is 18.0 Å². The number of piperazine rings is 1. The second kappa shape index (κ2) is 8.23. The van der Waals surface area contributed by atoms with Crippen LogP contribution < -0.4 is 15.0 Å². The Morgan fingerprint density at radius 1 is 1.26 bits per heavy atom. The molecule has 1 aromatic carbocycles. The van der Waals surface area contributed by atoms with Gasteiger partial charge in [0.25, 0.3) is 5.91 Å². The fourth-order valence-corrected chi connectivity index (χ4v) is 4.28. The standard InChI is InChI=1S/C20H23ClF3N5O2/c1-27-7-9-28(10-8-27)19(30)17-16(21)18-25-14(12-3-5-13(31-2)6-4-12)11-15(20(22,23)24)29(18)26-17/h3-6,14-15,25H,7-11H2,1-2H3/p+1. The second-order valence-electron chi connectivity index (χ2n) is 7.97. The van der Waals surface area contributed by atoms with Crippen molar-refractivity contribution in [3.8, 4) is 5.75 Å². The monoisotopic (exact) mass is 458 g/mol. The molecule has 1 aromatic heterocycles. The Balaban J connectivity index is 1.68. The number of aromatic nitrogens is 2. The largest absolute Gasteiger partial charge is 0.497 e. The number of ether oxygens (including phenoxy) is 1. The van der Waals surface area contributed by atoms with Gasteiger partial charge in [-0.2, -0.15) is 18.3 Å². The first-order chi connectivity index (χ1) is 14.7. The maximum Gasteiger partial charge on any atom is 0.410 e. The Labute approximate surface area is 182 Å². The van der Waals surface area contributed by atoms with Gasteiger partial charge in [0, 0.05) is 6.42 Å². The highest BCUT2D eigenvalue weighted by molar-refractivity contribution is 6.36. The number of anilines is 1. The van der Waals surface area contributed by atoms with Crippen molar-refractivity contribution in [2.75, 3.05) is 45.7 Å². The number of carbonyl (C=O) groups excluding carboxylic acids is 1. The maximum absolute atomic E-state index is 13.9. The molecule has 0 bridgehead atoms. The zero-order chi connectivity index (χ0) is 22.3. The highest BCUT2D eigenvalue weighted by Crippen LogP contribution is 2.46. The molecule has 0 radical (unpaired) electrons. The van der Waals surface area contributed by atoms with Crippen molar-refractivity contribution in [2.24, 2.45) is 0 Å². The van der Waals surface area contributed by atoms with E-state index in [4.69, 9.17) is 16.3 Å². The molecular formula is C20H24ClF3N5O2+. The van der Waals surface area contributed by atoms with Crippen LogP contribution in [0, 0.1) is 0 Å². The highest BCUT2D eigenvalue weighted by atomic mass is 35.5. The summed E-state index contributed by atoms with van der Waals surface area (Å²) in [6, 6.07) is 4.26. The number of hydrogen-bond acceptors (Lipinski definition) is 4. The van der Waals surface area contributed by atoms with Crippen molar-refractivity contribution in [1.29, 1.82) is 0 Å². The number of carbonyl (C=O) groups is 1. The van der Waals surface area contributed by atoms with Crippen LogP contribution in [0.1, 0.15) is 34.6 Å². The number of fused-ring (bicyclic) bond motifs is 1. The van der Waals surface area contributed by atoms with Gasteiger partial charge in [-0.05, 0) is 17.7 Å². The van der Waals surface area contributed by atoms with Crippen molar-refractivity contribution in [2.45, 2.75) is 24.7 Å². The molecule has 0 spiro atoms. The Morgan fingerprint density at radius 2 is 1.90 bits per heavy atom. The van der Waals surface area contributed by atoms with Crippen LogP contribution in [0.4, 0.5) is 19.0 Å². The van der Waals surface area contributed by atoms with Crippen LogP contribution in [0.25, 0.3) is 0 Å². The first-order valence-electron chi connectivity index (χ1n) is 10.0. The molecule has 7 nitrogen and oxygen atoms in total. The predicted octanol–water partition coefficient (Wildman–Crippen LogP) is 2.18. The van der Waals surface area contributed by atoms with Crippen molar-refractivity contribution < 1.29 is 27.6 Å². The molecule has 1 fully saturated rings. The molecule has 1 amide bonds. The van der Waals surface area contributed by atoms with Crippen molar-refractivity contribution in [3.63, 3.8) is 0 Å². The van der Waals surface area contributed by atoms with Crippen molar-refractivity contribution in [3.05, 3.63) is 40.5 Å². The number of likely N-dealkylation sites (N-methyl/N-ethyl adjacent to an activating group) is 1. The maximum atomic E-state index is 13.9. The summed E-state index contributed by atoms with van der Waals surface area (Å²) in [6.07, 6.45) is -4.82. The minimum Gasteiger partial charge on any atom is -0.497 e. The Bertz CT molecular complexity index is 955. The summed E-state index contributed by atoms with van der Waals surface area (Å²) >= 11 is 6.41. The number of hydrogen-bond donors (Lipinski definition) is 2. The van der Waals surface area contributed by atoms with Gasteiger partial charge in [0.1, 0.15) is 16.6 Å². The van der Waals surface area contributed by atoms with Gasteiger partial charge in [-0.25, -0.2) is 4.68 Å². The molecule has 2 aliphatic rings. The van der Waals surface area contributed by atoms with E-state index < -0.39 is 24.2 Å². The molecule has 3 heterocycles. The summed E-state index contributed by atoms with van der Waals surface area (Å²) in [7, 11) is 3.55. The van der Waals surface area contributed by atoms with Crippen LogP contribution >= 0.6 is 11.6 Å². The number of rotatable bonds is 3. The molecule has 2 N–H and O–H groups in total. The third-order valence-corrected chi connectivity index (χ3v) is 6.28. The normalized spacial score (nSPS) is 22.1. The van der Waals surface area contributed by atoms with E-state index in [-0.39, 0.29) is 23.0 Å². The fourth-order valence-electron chi connectivity index (χ4n) is 4.02. The lowest BCUT2D eigenvalue weighted by Crippen LogP contribution is -3.12. The number of amides is 1. The van der Waals surface area contributed by atoms with Crippen LogP contribution in [-0.2, 0) is 0 Å². The molecule has 4 rings (SSSR count). The lowest BCUT2D eigenvalue weighted by Gasteiger charge is -2.33. The zero-order valence-corrected chi connectivity index (χ0v) is 17.9. The Kier molecular flexibility index (Phi) is 5.78. The van der Waals surface area contributed by atoms with E-state index in [0.29, 0.717) is 24.4 Å². The molecule has 2 aliphatic heterocycles. The van der Waals surface area contributed by atoms with Crippen LogP contribution in [-0.4, -0.2) is 67.1 Å². The van der Waals surface area contributed by atoms with Gasteiger partial charge in [-0.1, -0.05) is 23.7 Å². The van der Waals surface area contributed by atoms with E-state index >= 15 is 0 Å². The molecule has 31 heavy (non-hydrogen) atoms. The van der Waals surface area contributed by atoms with Gasteiger partial charge in [0.2, 0.25) is 0 Å². The van der Waals surface area contributed by atoms with E-state index in [1.54, 1.807) is 29.2 Å². The molecule has 168 valence electrons. The third-order valence-electron chi connectivity index (χ3n) is 5.92. The highest BCUT2D eigenvalue weighted by Gasteiger charge is 2.48. The van der Waals surface area contributed by atoms with Gasteiger partial charge in [0.15, 0.2) is 11.7 Å². The molecule has 11 heteroatoms. The molecule has 2 unspecified atom stereocenters. The molecule has 0 saturated carbocycles. The minimum absolute atomic E-state index is 0.0131. The quantitative estimate of drug-likeness (QED) is 0.740. The number of alkyl halides is 3. The SMILES string of the molecule is COc1ccc(C2CC(C(F)(F)F)n3nc(C(=O)N4CC[NH+](C)CC4)c(Cl)c3N2)cc1. The topological polar surface area (TPSA) is 63.8 Å². The van der Waals surface area contributed by atoms with E-state index in [1.807, 2.05) is 7.05 Å². The summed E-state index contributed by atoms with van der Waals surface area (Å²) in [5, 5.41) is 7.01. The van der Waals surface area contributed by atoms with E-state index in [2.05, 4.69) is 10.4 Å². The number of nitrogens with one attached hydrogen (secondary N) is 2. The van der Waals surface area contributed by atoms with Gasteiger partial charge in [0.05, 0.1) is 46.4 Å². The summed E-state index contributed by atoms with van der Waals surface area (Å²) in [4.78, 5) is 15.8. The van der Waals surface area contributed by atoms with Crippen LogP contribution in [0.5, 0.6) is 5.75 Å². The van der Waals surface area contributed by atoms with Crippen molar-refractivity contribution in [1.82, 2.24) is 14.7 Å². The van der Waals surface area contributed by atoms with Gasteiger partial charge < -0.3 is 19.9 Å². The molecule has 0 aliphatic carbocycles. The Hall–Kier alpha value is -2.46. The van der Waals surface area contributed by atoms with Gasteiger partial charge in [-0.15, -0.1) is 0 Å². The van der Waals surface area contributed by atoms with Crippen molar-refractivity contribution >= 4 is 23.3 Å². The minimum atomic E-state index is -4.55. The number of nitrogens with zero attached hydrogens (tertiary/aromatic N) is 3. The Morgan fingerprint density at radius 3 is 2.48 bits per heavy atom. The number of methoxy groups -OCH3 is 1. The fraction of sp³-hybridized carbons (Fsp3) is 0.500. The van der Waals surface area contributed by atoms with Crippen LogP contribution in [0.2, 0.25) is 5.02 Å². The van der Waals surface area contributed by atoms with E-state index in [0.717, 1.165) is 17.8 Å². The van der Waals surface area contributed by atoms with Gasteiger partial charge in [-0.3, -0.25) is 4.79 Å². The molecule has 1 saturated heterocycles. The number of quaternary nitrogens is 1. The number of benzene rings is 1. The van der Waals surface area contributed by atoms with Crippen LogP contribution in [0.3, 0.4) is 0 Å². The summed E-state index contributed by atoms with van der Waals surface area (Å²) in [5.74, 6) is 0.180. The predicted molar refractivity (Wildman–Crippen MR) is 109 cm³/mol. The molecule has 2 atom stereocenters.